The van der Waals surface area contributed by atoms with E-state index >= 15 is 0 Å². The van der Waals surface area contributed by atoms with Gasteiger partial charge in [0.25, 0.3) is 11.9 Å². The molecule has 1 aromatic carbocycles. The predicted molar refractivity (Wildman–Crippen MR) is 115 cm³/mol. The SMILES string of the molecule is Cc1c(C(=O)N(C)Cc2nccs2)cnn1-c1ncc2c(n1)-c1ccccc1CC2. The molecule has 0 N–H and O–H groups in total. The molecule has 8 heteroatoms. The zero-order chi connectivity index (χ0) is 20.7. The second-order valence-corrected chi connectivity index (χ2v) is 8.32. The Morgan fingerprint density at radius 2 is 2.00 bits per heavy atom. The van der Waals surface area contributed by atoms with Crippen molar-refractivity contribution in [3.8, 4) is 17.2 Å². The maximum Gasteiger partial charge on any atom is 0.257 e. The van der Waals surface area contributed by atoms with Crippen LogP contribution in [0.5, 0.6) is 0 Å². The van der Waals surface area contributed by atoms with Gasteiger partial charge < -0.3 is 4.90 Å². The van der Waals surface area contributed by atoms with Gasteiger partial charge in [-0.1, -0.05) is 24.3 Å². The van der Waals surface area contributed by atoms with Gasteiger partial charge >= 0.3 is 0 Å². The molecule has 0 saturated heterocycles. The molecule has 0 atom stereocenters. The number of benzene rings is 1. The van der Waals surface area contributed by atoms with E-state index in [1.807, 2.05) is 24.6 Å². The molecule has 0 aliphatic heterocycles. The van der Waals surface area contributed by atoms with E-state index in [1.54, 1.807) is 29.0 Å². The minimum atomic E-state index is -0.0998. The summed E-state index contributed by atoms with van der Waals surface area (Å²) in [6.07, 6.45) is 7.14. The van der Waals surface area contributed by atoms with Crippen molar-refractivity contribution in [2.75, 3.05) is 7.05 Å². The third-order valence-electron chi connectivity index (χ3n) is 5.42. The Bertz CT molecular complexity index is 1230. The number of rotatable bonds is 4. The first-order valence-corrected chi connectivity index (χ1v) is 10.6. The molecule has 0 bridgehead atoms. The molecular weight excluding hydrogens is 396 g/mol. The standard InChI is InChI=1S/C22H20N6OS/c1-14-18(21(29)27(2)13-19-23-9-10-30-19)12-25-28(14)22-24-11-16-8-7-15-5-3-4-6-17(15)20(16)26-22/h3-6,9-12H,7-8,13H2,1-2H3. The van der Waals surface area contributed by atoms with Crippen molar-refractivity contribution in [3.63, 3.8) is 0 Å². The molecule has 0 fully saturated rings. The predicted octanol–water partition coefficient (Wildman–Crippen LogP) is 3.47. The highest BCUT2D eigenvalue weighted by molar-refractivity contribution is 7.09. The van der Waals surface area contributed by atoms with Gasteiger partial charge in [-0.2, -0.15) is 5.10 Å². The first kappa shape index (κ1) is 18.6. The molecule has 5 rings (SSSR count). The van der Waals surface area contributed by atoms with Gasteiger partial charge in [-0.15, -0.1) is 11.3 Å². The Morgan fingerprint density at radius 1 is 1.17 bits per heavy atom. The van der Waals surface area contributed by atoms with Gasteiger partial charge in [0.1, 0.15) is 5.01 Å². The minimum absolute atomic E-state index is 0.0998. The first-order chi connectivity index (χ1) is 14.6. The van der Waals surface area contributed by atoms with Gasteiger partial charge in [0.2, 0.25) is 0 Å². The number of nitrogens with zero attached hydrogens (tertiary/aromatic N) is 6. The summed E-state index contributed by atoms with van der Waals surface area (Å²) in [6, 6.07) is 8.34. The lowest BCUT2D eigenvalue weighted by Gasteiger charge is -2.19. The summed E-state index contributed by atoms with van der Waals surface area (Å²) in [5.41, 5.74) is 5.79. The average molecular weight is 417 g/mol. The molecule has 1 amide bonds. The van der Waals surface area contributed by atoms with Crippen molar-refractivity contribution < 1.29 is 4.79 Å². The fourth-order valence-electron chi connectivity index (χ4n) is 3.79. The largest absolute Gasteiger partial charge is 0.335 e. The molecule has 4 aromatic rings. The van der Waals surface area contributed by atoms with E-state index in [-0.39, 0.29) is 5.91 Å². The number of aromatic nitrogens is 5. The third kappa shape index (κ3) is 3.19. The van der Waals surface area contributed by atoms with E-state index < -0.39 is 0 Å². The van der Waals surface area contributed by atoms with Gasteiger partial charge in [0.05, 0.1) is 29.7 Å². The number of carbonyl (C=O) groups is 1. The minimum Gasteiger partial charge on any atom is -0.335 e. The molecule has 30 heavy (non-hydrogen) atoms. The Labute approximate surface area is 178 Å². The van der Waals surface area contributed by atoms with Crippen molar-refractivity contribution in [2.24, 2.45) is 0 Å². The number of amides is 1. The smallest absolute Gasteiger partial charge is 0.257 e. The highest BCUT2D eigenvalue weighted by Gasteiger charge is 2.22. The maximum atomic E-state index is 12.9. The van der Waals surface area contributed by atoms with Gasteiger partial charge in [-0.3, -0.25) is 4.79 Å². The topological polar surface area (TPSA) is 76.8 Å². The molecular formula is C22H20N6OS. The van der Waals surface area contributed by atoms with Crippen molar-refractivity contribution in [1.82, 2.24) is 29.6 Å². The van der Waals surface area contributed by atoms with Gasteiger partial charge in [-0.05, 0) is 30.9 Å². The highest BCUT2D eigenvalue weighted by Crippen LogP contribution is 2.31. The van der Waals surface area contributed by atoms with Gasteiger partial charge in [0, 0.05) is 30.4 Å². The fraction of sp³-hybridized carbons (Fsp3) is 0.227. The summed E-state index contributed by atoms with van der Waals surface area (Å²) in [4.78, 5) is 28.2. The summed E-state index contributed by atoms with van der Waals surface area (Å²) in [5, 5.41) is 7.22. The summed E-state index contributed by atoms with van der Waals surface area (Å²) in [5.74, 6) is 0.377. The zero-order valence-electron chi connectivity index (χ0n) is 16.7. The van der Waals surface area contributed by atoms with Crippen molar-refractivity contribution in [2.45, 2.75) is 26.3 Å². The van der Waals surface area contributed by atoms with Crippen LogP contribution in [0.4, 0.5) is 0 Å². The summed E-state index contributed by atoms with van der Waals surface area (Å²) in [6.45, 7) is 2.33. The van der Waals surface area contributed by atoms with Gasteiger partial charge in [0.15, 0.2) is 0 Å². The van der Waals surface area contributed by atoms with E-state index in [4.69, 9.17) is 4.98 Å². The molecule has 0 spiro atoms. The van der Waals surface area contributed by atoms with Gasteiger partial charge in [-0.25, -0.2) is 19.6 Å². The van der Waals surface area contributed by atoms with E-state index in [0.29, 0.717) is 18.1 Å². The Balaban J connectivity index is 1.47. The molecule has 7 nitrogen and oxygen atoms in total. The van der Waals surface area contributed by atoms with Crippen LogP contribution in [-0.4, -0.2) is 42.6 Å². The van der Waals surface area contributed by atoms with E-state index in [9.17, 15) is 4.79 Å². The second-order valence-electron chi connectivity index (χ2n) is 7.34. The quantitative estimate of drug-likeness (QED) is 0.509. The molecule has 1 aliphatic carbocycles. The van der Waals surface area contributed by atoms with Crippen LogP contribution in [0.3, 0.4) is 0 Å². The van der Waals surface area contributed by atoms with Crippen LogP contribution in [0, 0.1) is 6.92 Å². The third-order valence-corrected chi connectivity index (χ3v) is 6.18. The summed E-state index contributed by atoms with van der Waals surface area (Å²) < 4.78 is 1.64. The van der Waals surface area contributed by atoms with E-state index in [1.165, 1.54) is 16.9 Å². The summed E-state index contributed by atoms with van der Waals surface area (Å²) in [7, 11) is 1.77. The Morgan fingerprint density at radius 3 is 2.83 bits per heavy atom. The Kier molecular flexibility index (Phi) is 4.63. The van der Waals surface area contributed by atoms with Crippen LogP contribution in [0.25, 0.3) is 17.2 Å². The average Bonchev–Trinajstić information content (AvgIpc) is 3.42. The lowest BCUT2D eigenvalue weighted by atomic mass is 9.90. The first-order valence-electron chi connectivity index (χ1n) is 9.75. The lowest BCUT2D eigenvalue weighted by molar-refractivity contribution is 0.0784. The lowest BCUT2D eigenvalue weighted by Crippen LogP contribution is -2.26. The van der Waals surface area contributed by atoms with Crippen molar-refractivity contribution >= 4 is 17.2 Å². The van der Waals surface area contributed by atoms with Crippen LogP contribution >= 0.6 is 11.3 Å². The van der Waals surface area contributed by atoms with Crippen molar-refractivity contribution in [3.05, 3.63) is 75.6 Å². The van der Waals surface area contributed by atoms with Crippen LogP contribution in [-0.2, 0) is 19.4 Å². The number of carbonyl (C=O) groups excluding carboxylic acids is 1. The molecule has 0 unspecified atom stereocenters. The number of thiazole rings is 1. The molecule has 3 heterocycles. The maximum absolute atomic E-state index is 12.9. The second kappa shape index (κ2) is 7.46. The number of hydrogen-bond acceptors (Lipinski definition) is 6. The van der Waals surface area contributed by atoms with E-state index in [0.717, 1.165) is 40.4 Å². The number of aryl methyl sites for hydroxylation is 2. The zero-order valence-corrected chi connectivity index (χ0v) is 17.6. The van der Waals surface area contributed by atoms with E-state index in [2.05, 4.69) is 33.3 Å². The van der Waals surface area contributed by atoms with Crippen LogP contribution in [0.1, 0.15) is 32.2 Å². The monoisotopic (exact) mass is 416 g/mol. The molecule has 0 saturated carbocycles. The summed E-state index contributed by atoms with van der Waals surface area (Å²) >= 11 is 1.53. The fourth-order valence-corrected chi connectivity index (χ4v) is 4.46. The van der Waals surface area contributed by atoms with Crippen LogP contribution < -0.4 is 0 Å². The highest BCUT2D eigenvalue weighted by atomic mass is 32.1. The number of fused-ring (bicyclic) bond motifs is 3. The van der Waals surface area contributed by atoms with Crippen molar-refractivity contribution in [1.29, 1.82) is 0 Å². The Hall–Kier alpha value is -3.39. The number of hydrogen-bond donors (Lipinski definition) is 0. The normalized spacial score (nSPS) is 12.3. The molecule has 3 aromatic heterocycles. The van der Waals surface area contributed by atoms with Crippen LogP contribution in [0.15, 0.2) is 48.2 Å². The molecule has 150 valence electrons. The molecule has 0 radical (unpaired) electrons. The molecule has 1 aliphatic rings. The van der Waals surface area contributed by atoms with Crippen LogP contribution in [0.2, 0.25) is 0 Å².